The first-order chi connectivity index (χ1) is 7.84. The van der Waals surface area contributed by atoms with Crippen LogP contribution in [0.1, 0.15) is 46.5 Å². The molecular weight excluding hydrogens is 212 g/mol. The van der Waals surface area contributed by atoms with Crippen LogP contribution in [0.4, 0.5) is 0 Å². The topological polar surface area (TPSA) is 32.8 Å². The smallest absolute Gasteiger partial charge is 0.118 e. The molecule has 0 unspecified atom stereocenters. The summed E-state index contributed by atoms with van der Waals surface area (Å²) in [6, 6.07) is 0. The van der Waals surface area contributed by atoms with Gasteiger partial charge < -0.3 is 9.84 Å². The van der Waals surface area contributed by atoms with Crippen molar-refractivity contribution in [2.75, 3.05) is 0 Å². The summed E-state index contributed by atoms with van der Waals surface area (Å²) >= 11 is 0. The van der Waals surface area contributed by atoms with E-state index < -0.39 is 0 Å². The van der Waals surface area contributed by atoms with Crippen LogP contribution in [-0.2, 0) is 4.74 Å². The summed E-state index contributed by atoms with van der Waals surface area (Å²) in [5, 5.41) is 10.4. The second kappa shape index (κ2) is 3.36. The highest BCUT2D eigenvalue weighted by Gasteiger charge is 2.60. The van der Waals surface area contributed by atoms with Crippen molar-refractivity contribution < 1.29 is 9.84 Å². The van der Waals surface area contributed by atoms with Crippen LogP contribution >= 0.6 is 0 Å². The molecule has 0 spiro atoms. The zero-order valence-corrected chi connectivity index (χ0v) is 11.2. The molecule has 2 nitrogen and oxygen atoms in total. The van der Waals surface area contributed by atoms with E-state index in [0.29, 0.717) is 17.3 Å². The molecule has 3 aliphatic rings. The number of hydrogen-bond acceptors (Lipinski definition) is 2. The maximum absolute atomic E-state index is 10.4. The van der Waals surface area contributed by atoms with Gasteiger partial charge in [0, 0.05) is 0 Å². The quantitative estimate of drug-likeness (QED) is 0.518. The number of aliphatic hydroxyl groups excluding tert-OH is 1. The van der Waals surface area contributed by atoms with Gasteiger partial charge in [-0.1, -0.05) is 26.0 Å². The summed E-state index contributed by atoms with van der Waals surface area (Å²) < 4.78 is 5.73. The molecule has 0 bridgehead atoms. The number of ether oxygens (including phenoxy) is 1. The summed E-state index contributed by atoms with van der Waals surface area (Å²) in [6.45, 7) is 11.0. The lowest BCUT2D eigenvalue weighted by Crippen LogP contribution is -2.47. The lowest BCUT2D eigenvalue weighted by Gasteiger charge is -2.53. The molecule has 2 heteroatoms. The Labute approximate surface area is 104 Å². The van der Waals surface area contributed by atoms with Crippen molar-refractivity contribution in [3.63, 3.8) is 0 Å². The molecule has 0 radical (unpaired) electrons. The first-order valence-corrected chi connectivity index (χ1v) is 6.88. The number of rotatable bonds is 0. The SMILES string of the molecule is C=C1CC[C@@H]2O[C@]2(C)[C@@H](O)C[C@@H]2[C@@H]1CC2(C)C. The lowest BCUT2D eigenvalue weighted by atomic mass is 9.52. The van der Waals surface area contributed by atoms with Gasteiger partial charge in [-0.2, -0.15) is 0 Å². The molecule has 3 rings (SSSR count). The van der Waals surface area contributed by atoms with E-state index in [9.17, 15) is 5.11 Å². The summed E-state index contributed by atoms with van der Waals surface area (Å²) in [5.41, 5.74) is 1.49. The van der Waals surface area contributed by atoms with Gasteiger partial charge in [0.2, 0.25) is 0 Å². The first kappa shape index (κ1) is 11.7. The van der Waals surface area contributed by atoms with Crippen LogP contribution in [0.15, 0.2) is 12.2 Å². The maximum Gasteiger partial charge on any atom is 0.118 e. The Hall–Kier alpha value is -0.340. The second-order valence-corrected chi connectivity index (χ2v) is 7.14. The van der Waals surface area contributed by atoms with Gasteiger partial charge in [-0.05, 0) is 49.9 Å². The van der Waals surface area contributed by atoms with Crippen LogP contribution < -0.4 is 0 Å². The number of allylic oxidation sites excluding steroid dienone is 1. The molecule has 2 saturated carbocycles. The van der Waals surface area contributed by atoms with Gasteiger partial charge in [-0.25, -0.2) is 0 Å². The van der Waals surface area contributed by atoms with Crippen molar-refractivity contribution in [2.45, 2.75) is 64.3 Å². The molecule has 2 aliphatic carbocycles. The van der Waals surface area contributed by atoms with Crippen molar-refractivity contribution in [2.24, 2.45) is 17.3 Å². The van der Waals surface area contributed by atoms with Gasteiger partial charge in [-0.15, -0.1) is 0 Å². The van der Waals surface area contributed by atoms with Crippen LogP contribution in [0.5, 0.6) is 0 Å². The Morgan fingerprint density at radius 3 is 2.71 bits per heavy atom. The van der Waals surface area contributed by atoms with E-state index in [4.69, 9.17) is 4.74 Å². The molecule has 5 atom stereocenters. The predicted octanol–water partition coefficient (Wildman–Crippen LogP) is 2.91. The van der Waals surface area contributed by atoms with E-state index in [0.717, 1.165) is 19.3 Å². The second-order valence-electron chi connectivity index (χ2n) is 7.14. The minimum absolute atomic E-state index is 0.259. The third-order valence-corrected chi connectivity index (χ3v) is 5.60. The Bertz CT molecular complexity index is 360. The zero-order valence-electron chi connectivity index (χ0n) is 11.2. The maximum atomic E-state index is 10.4. The summed E-state index contributed by atoms with van der Waals surface area (Å²) in [6.07, 6.45) is 4.19. The Kier molecular flexibility index (Phi) is 2.32. The monoisotopic (exact) mass is 236 g/mol. The standard InChI is InChI=1S/C15H24O2/c1-9-5-6-13-15(4,17-13)12(16)7-11-10(9)8-14(11,2)3/h10-13,16H,1,5-8H2,2-4H3/t10-,11-,12+,13+,15-/m1/s1. The van der Waals surface area contributed by atoms with E-state index in [1.807, 2.05) is 0 Å². The molecule has 1 aliphatic heterocycles. The van der Waals surface area contributed by atoms with Crippen molar-refractivity contribution >= 4 is 0 Å². The van der Waals surface area contributed by atoms with E-state index >= 15 is 0 Å². The molecule has 1 heterocycles. The fourth-order valence-electron chi connectivity index (χ4n) is 4.04. The van der Waals surface area contributed by atoms with E-state index in [-0.39, 0.29) is 17.8 Å². The fraction of sp³-hybridized carbons (Fsp3) is 0.867. The third-order valence-electron chi connectivity index (χ3n) is 5.60. The molecule has 17 heavy (non-hydrogen) atoms. The number of epoxide rings is 1. The highest BCUT2D eigenvalue weighted by Crippen LogP contribution is 2.59. The Balaban J connectivity index is 1.83. The normalized spacial score (nSPS) is 52.4. The van der Waals surface area contributed by atoms with Crippen molar-refractivity contribution in [3.05, 3.63) is 12.2 Å². The van der Waals surface area contributed by atoms with Crippen LogP contribution in [0.25, 0.3) is 0 Å². The predicted molar refractivity (Wildman–Crippen MR) is 67.7 cm³/mol. The van der Waals surface area contributed by atoms with E-state index in [1.54, 1.807) is 0 Å². The summed E-state index contributed by atoms with van der Waals surface area (Å²) in [5.74, 6) is 1.23. The molecule has 1 saturated heterocycles. The summed E-state index contributed by atoms with van der Waals surface area (Å²) in [4.78, 5) is 0. The van der Waals surface area contributed by atoms with Crippen molar-refractivity contribution in [1.82, 2.24) is 0 Å². The zero-order chi connectivity index (χ0) is 12.4. The lowest BCUT2D eigenvalue weighted by molar-refractivity contribution is -0.0430. The van der Waals surface area contributed by atoms with Crippen LogP contribution in [0, 0.1) is 17.3 Å². The van der Waals surface area contributed by atoms with E-state index in [2.05, 4.69) is 27.4 Å². The fourth-order valence-corrected chi connectivity index (χ4v) is 4.04. The average molecular weight is 236 g/mol. The highest BCUT2D eigenvalue weighted by atomic mass is 16.6. The van der Waals surface area contributed by atoms with Crippen LogP contribution in [0.2, 0.25) is 0 Å². The molecule has 0 aromatic rings. The molecular formula is C15H24O2. The minimum Gasteiger partial charge on any atom is -0.390 e. The number of aliphatic hydroxyl groups is 1. The van der Waals surface area contributed by atoms with Crippen LogP contribution in [0.3, 0.4) is 0 Å². The molecule has 3 fully saturated rings. The van der Waals surface area contributed by atoms with Gasteiger partial charge in [0.1, 0.15) is 5.60 Å². The molecule has 0 aromatic heterocycles. The molecule has 0 amide bonds. The Morgan fingerprint density at radius 2 is 2.06 bits per heavy atom. The highest BCUT2D eigenvalue weighted by molar-refractivity contribution is 5.18. The van der Waals surface area contributed by atoms with Crippen LogP contribution in [-0.4, -0.2) is 22.9 Å². The van der Waals surface area contributed by atoms with Gasteiger partial charge in [0.25, 0.3) is 0 Å². The van der Waals surface area contributed by atoms with E-state index in [1.165, 1.54) is 12.0 Å². The van der Waals surface area contributed by atoms with Gasteiger partial charge >= 0.3 is 0 Å². The van der Waals surface area contributed by atoms with Gasteiger partial charge in [0.05, 0.1) is 12.2 Å². The average Bonchev–Trinajstić information content (AvgIpc) is 2.91. The molecule has 1 N–H and O–H groups in total. The van der Waals surface area contributed by atoms with Gasteiger partial charge in [0.15, 0.2) is 0 Å². The van der Waals surface area contributed by atoms with Gasteiger partial charge in [-0.3, -0.25) is 0 Å². The molecule has 96 valence electrons. The summed E-state index contributed by atoms with van der Waals surface area (Å²) in [7, 11) is 0. The largest absolute Gasteiger partial charge is 0.390 e. The third kappa shape index (κ3) is 1.61. The Morgan fingerprint density at radius 1 is 1.35 bits per heavy atom. The van der Waals surface area contributed by atoms with Crippen molar-refractivity contribution in [3.8, 4) is 0 Å². The van der Waals surface area contributed by atoms with Crippen molar-refractivity contribution in [1.29, 1.82) is 0 Å². The number of fused-ring (bicyclic) bond motifs is 2. The first-order valence-electron chi connectivity index (χ1n) is 6.88. The number of hydrogen-bond donors (Lipinski definition) is 1. The molecule has 0 aromatic carbocycles. The minimum atomic E-state index is -0.300.